The molecular weight excluding hydrogens is 476 g/mol. The lowest BCUT2D eigenvalue weighted by molar-refractivity contribution is -0.267. The van der Waals surface area contributed by atoms with Crippen molar-refractivity contribution in [3.05, 3.63) is 39.7 Å². The standard InChI is InChI=1S/C25H27F2N3O6/c1-24(2,3)36-25-11-29(9-13(25)6-15(35-25)8-28-12-31)21-18(26)7-16-20(19(21)27)30(14-4-5-14)10-17(22(16)32)23(33)34/h7,10,13-15H,4-6,8-9,11H2,1-3H3,(H,33,34). The maximum atomic E-state index is 16.1. The zero-order chi connectivity index (χ0) is 26.0. The van der Waals surface area contributed by atoms with Crippen LogP contribution < -0.4 is 10.3 Å². The Balaban J connectivity index is 1.59. The highest BCUT2D eigenvalue weighted by atomic mass is 19.1. The molecule has 1 aromatic carbocycles. The normalized spacial score (nSPS) is 25.8. The lowest BCUT2D eigenvalue weighted by Crippen LogP contribution is -2.46. The highest BCUT2D eigenvalue weighted by Gasteiger charge is 2.57. The number of halogens is 2. The number of ether oxygens (including phenoxy) is 2. The minimum atomic E-state index is -1.44. The van der Waals surface area contributed by atoms with Crippen molar-refractivity contribution in [2.75, 3.05) is 24.5 Å². The van der Waals surface area contributed by atoms with E-state index >= 15 is 8.78 Å². The maximum absolute atomic E-state index is 16.1. The summed E-state index contributed by atoms with van der Waals surface area (Å²) >= 11 is 0. The van der Waals surface area contributed by atoms with Gasteiger partial charge < -0.3 is 24.0 Å². The summed E-state index contributed by atoms with van der Waals surface area (Å²) in [5.41, 5.74) is -2.49. The molecule has 0 spiro atoms. The number of carboxylic acids is 1. The lowest BCUT2D eigenvalue weighted by Gasteiger charge is -2.36. The molecule has 3 unspecified atom stereocenters. The minimum Gasteiger partial charge on any atom is -0.477 e. The van der Waals surface area contributed by atoms with Gasteiger partial charge in [-0.15, -0.1) is 0 Å². The molecule has 3 atom stereocenters. The molecule has 0 radical (unpaired) electrons. The van der Waals surface area contributed by atoms with E-state index in [1.54, 1.807) is 0 Å². The molecule has 2 aromatic rings. The Morgan fingerprint density at radius 3 is 2.69 bits per heavy atom. The Kier molecular flexibility index (Phi) is 5.77. The van der Waals surface area contributed by atoms with E-state index < -0.39 is 40.0 Å². The van der Waals surface area contributed by atoms with Gasteiger partial charge in [0.25, 0.3) is 0 Å². The van der Waals surface area contributed by atoms with E-state index in [4.69, 9.17) is 9.47 Å². The minimum absolute atomic E-state index is 0.0243. The van der Waals surface area contributed by atoms with Gasteiger partial charge in [-0.1, -0.05) is 0 Å². The molecule has 1 saturated carbocycles. The predicted molar refractivity (Wildman–Crippen MR) is 125 cm³/mol. The third-order valence-corrected chi connectivity index (χ3v) is 6.90. The number of aromatic nitrogens is 1. The summed E-state index contributed by atoms with van der Waals surface area (Å²) in [6.45, 7) is 5.93. The van der Waals surface area contributed by atoms with Crippen LogP contribution in [0.2, 0.25) is 0 Å². The van der Waals surface area contributed by atoms with Crippen molar-refractivity contribution >= 4 is 28.6 Å². The van der Waals surface area contributed by atoms with Gasteiger partial charge in [-0.25, -0.2) is 23.4 Å². The van der Waals surface area contributed by atoms with Gasteiger partial charge in [-0.3, -0.25) is 4.79 Å². The van der Waals surface area contributed by atoms with E-state index in [1.165, 1.54) is 15.5 Å². The highest BCUT2D eigenvalue weighted by Crippen LogP contribution is 2.48. The Hall–Kier alpha value is -3.14. The van der Waals surface area contributed by atoms with Crippen molar-refractivity contribution < 1.29 is 33.0 Å². The van der Waals surface area contributed by atoms with Crippen LogP contribution in [0.15, 0.2) is 22.1 Å². The van der Waals surface area contributed by atoms with E-state index in [1.807, 2.05) is 20.8 Å². The molecule has 36 heavy (non-hydrogen) atoms. The summed E-state index contributed by atoms with van der Waals surface area (Å²) < 4.78 is 45.5. The van der Waals surface area contributed by atoms with Crippen molar-refractivity contribution in [2.45, 2.75) is 63.6 Å². The van der Waals surface area contributed by atoms with Crippen molar-refractivity contribution in [2.24, 2.45) is 10.9 Å². The second kappa shape index (κ2) is 8.47. The molecule has 3 fully saturated rings. The molecule has 3 heterocycles. The van der Waals surface area contributed by atoms with Crippen LogP contribution in [0.5, 0.6) is 0 Å². The zero-order valence-electron chi connectivity index (χ0n) is 20.2. The monoisotopic (exact) mass is 503 g/mol. The number of hydrogen-bond acceptors (Lipinski definition) is 7. The van der Waals surface area contributed by atoms with Crippen LogP contribution in [0.1, 0.15) is 56.4 Å². The van der Waals surface area contributed by atoms with Gasteiger partial charge >= 0.3 is 5.97 Å². The second-order valence-corrected chi connectivity index (χ2v) is 10.7. The number of carbonyl (C=O) groups excluding carboxylic acids is 1. The van der Waals surface area contributed by atoms with E-state index in [9.17, 15) is 19.5 Å². The molecule has 1 aromatic heterocycles. The number of carbonyl (C=O) groups is 1. The third-order valence-electron chi connectivity index (χ3n) is 6.90. The van der Waals surface area contributed by atoms with Gasteiger partial charge in [-0.2, -0.15) is 0 Å². The summed E-state index contributed by atoms with van der Waals surface area (Å²) in [6, 6.07) is 0.768. The van der Waals surface area contributed by atoms with Crippen LogP contribution in [-0.4, -0.2) is 58.8 Å². The first kappa shape index (κ1) is 24.5. The molecule has 2 saturated heterocycles. The number of isocyanates is 1. The Morgan fingerprint density at radius 2 is 2.08 bits per heavy atom. The molecule has 11 heteroatoms. The molecule has 5 rings (SSSR count). The van der Waals surface area contributed by atoms with E-state index in [0.29, 0.717) is 19.3 Å². The first-order valence-corrected chi connectivity index (χ1v) is 11.9. The van der Waals surface area contributed by atoms with Gasteiger partial charge in [0.15, 0.2) is 11.6 Å². The molecule has 9 nitrogen and oxygen atoms in total. The van der Waals surface area contributed by atoms with Crippen molar-refractivity contribution in [3.63, 3.8) is 0 Å². The number of pyridine rings is 1. The van der Waals surface area contributed by atoms with Gasteiger partial charge in [0.2, 0.25) is 11.5 Å². The predicted octanol–water partition coefficient (Wildman–Crippen LogP) is 3.39. The number of benzene rings is 1. The Labute approximate surface area is 205 Å². The number of aromatic carboxylic acids is 1. The van der Waals surface area contributed by atoms with Crippen LogP contribution in [0.25, 0.3) is 10.9 Å². The average Bonchev–Trinajstić information content (AvgIpc) is 3.49. The highest BCUT2D eigenvalue weighted by molar-refractivity contribution is 5.94. The molecular formula is C25H27F2N3O6. The fourth-order valence-corrected chi connectivity index (χ4v) is 5.49. The summed E-state index contributed by atoms with van der Waals surface area (Å²) in [5, 5.41) is 9.14. The number of fused-ring (bicyclic) bond motifs is 2. The van der Waals surface area contributed by atoms with Crippen molar-refractivity contribution in [1.82, 2.24) is 4.57 Å². The van der Waals surface area contributed by atoms with E-state index in [0.717, 1.165) is 12.3 Å². The number of hydrogen-bond donors (Lipinski definition) is 1. The molecule has 1 N–H and O–H groups in total. The fourth-order valence-electron chi connectivity index (χ4n) is 5.49. The summed E-state index contributed by atoms with van der Waals surface area (Å²) in [4.78, 5) is 40.1. The maximum Gasteiger partial charge on any atom is 0.341 e. The van der Waals surface area contributed by atoms with Crippen molar-refractivity contribution in [3.8, 4) is 0 Å². The number of anilines is 1. The van der Waals surface area contributed by atoms with Crippen LogP contribution in [0.3, 0.4) is 0 Å². The SMILES string of the molecule is CC(C)(C)OC12CN(c3c(F)cc4c(=O)c(C(=O)O)cn(C5CC5)c4c3F)CC1CC(CN=C=O)O2. The van der Waals surface area contributed by atoms with Crippen LogP contribution >= 0.6 is 0 Å². The van der Waals surface area contributed by atoms with E-state index in [-0.39, 0.29) is 54.3 Å². The summed E-state index contributed by atoms with van der Waals surface area (Å²) in [7, 11) is 0. The quantitative estimate of drug-likeness (QED) is 0.475. The average molecular weight is 504 g/mol. The molecule has 0 bridgehead atoms. The lowest BCUT2D eigenvalue weighted by atomic mass is 9.98. The first-order valence-electron chi connectivity index (χ1n) is 11.9. The fraction of sp³-hybridized carbons (Fsp3) is 0.560. The number of aliphatic imine (C=N–C) groups is 1. The van der Waals surface area contributed by atoms with Crippen LogP contribution in [-0.2, 0) is 14.3 Å². The third kappa shape index (κ3) is 4.11. The molecule has 1 aliphatic carbocycles. The van der Waals surface area contributed by atoms with Crippen LogP contribution in [0, 0.1) is 17.6 Å². The topological polar surface area (TPSA) is 110 Å². The number of rotatable bonds is 6. The molecule has 2 aliphatic heterocycles. The van der Waals surface area contributed by atoms with Crippen LogP contribution in [0.4, 0.5) is 14.5 Å². The van der Waals surface area contributed by atoms with Gasteiger partial charge in [0.05, 0.1) is 35.7 Å². The molecule has 3 aliphatic rings. The number of carboxylic acid groups (broad SMARTS) is 1. The summed E-state index contributed by atoms with van der Waals surface area (Å²) in [5.74, 6) is -4.74. The molecule has 0 amide bonds. The van der Waals surface area contributed by atoms with Gasteiger partial charge in [0, 0.05) is 24.7 Å². The van der Waals surface area contributed by atoms with Gasteiger partial charge in [0.1, 0.15) is 17.1 Å². The smallest absolute Gasteiger partial charge is 0.341 e. The first-order chi connectivity index (χ1) is 16.9. The van der Waals surface area contributed by atoms with Crippen molar-refractivity contribution in [1.29, 1.82) is 0 Å². The Bertz CT molecular complexity index is 1360. The number of nitrogens with zero attached hydrogens (tertiary/aromatic N) is 3. The second-order valence-electron chi connectivity index (χ2n) is 10.7. The van der Waals surface area contributed by atoms with E-state index in [2.05, 4.69) is 4.99 Å². The summed E-state index contributed by atoms with van der Waals surface area (Å²) in [6.07, 6.45) is 4.15. The largest absolute Gasteiger partial charge is 0.477 e. The molecule has 192 valence electrons. The zero-order valence-corrected chi connectivity index (χ0v) is 20.2. The Morgan fingerprint density at radius 1 is 1.36 bits per heavy atom. The van der Waals surface area contributed by atoms with Gasteiger partial charge in [-0.05, 0) is 46.1 Å².